The number of rotatable bonds is 4. The summed E-state index contributed by atoms with van der Waals surface area (Å²) in [5, 5.41) is 8.61. The van der Waals surface area contributed by atoms with Crippen molar-refractivity contribution < 1.29 is 27.5 Å². The minimum Gasteiger partial charge on any atom is -0.480 e. The number of carboxylic acid groups (broad SMARTS) is 1. The average molecular weight is 334 g/mol. The van der Waals surface area contributed by atoms with E-state index in [0.717, 1.165) is 12.1 Å². The molecule has 2 aromatic rings. The number of nitrogens with two attached hydrogens (primary N) is 1. The summed E-state index contributed by atoms with van der Waals surface area (Å²) in [7, 11) is 0. The Labute approximate surface area is 128 Å². The Morgan fingerprint density at radius 3 is 2.55 bits per heavy atom. The van der Waals surface area contributed by atoms with E-state index in [1.54, 1.807) is 0 Å². The van der Waals surface area contributed by atoms with E-state index >= 15 is 0 Å². The Kier molecular flexibility index (Phi) is 4.48. The van der Waals surface area contributed by atoms with Crippen molar-refractivity contribution in [2.24, 2.45) is 5.73 Å². The zero-order valence-electron chi connectivity index (χ0n) is 11.0. The maximum atomic E-state index is 12.6. The van der Waals surface area contributed by atoms with Crippen LogP contribution >= 0.6 is 11.6 Å². The highest BCUT2D eigenvalue weighted by molar-refractivity contribution is 6.33. The van der Waals surface area contributed by atoms with E-state index < -0.39 is 23.8 Å². The molecule has 0 fully saturated rings. The second-order valence-electron chi connectivity index (χ2n) is 4.61. The fraction of sp³-hybridized carbons (Fsp3) is 0.214. The van der Waals surface area contributed by atoms with Gasteiger partial charge in [0, 0.05) is 12.0 Å². The fourth-order valence-electron chi connectivity index (χ4n) is 1.83. The van der Waals surface area contributed by atoms with Crippen molar-refractivity contribution in [2.75, 3.05) is 0 Å². The highest BCUT2D eigenvalue weighted by Crippen LogP contribution is 2.36. The van der Waals surface area contributed by atoms with Crippen molar-refractivity contribution >= 4 is 17.6 Å². The molecule has 118 valence electrons. The lowest BCUT2D eigenvalue weighted by Gasteiger charge is -2.08. The van der Waals surface area contributed by atoms with Gasteiger partial charge in [-0.1, -0.05) is 11.6 Å². The van der Waals surface area contributed by atoms with Crippen molar-refractivity contribution in [1.29, 1.82) is 0 Å². The van der Waals surface area contributed by atoms with Crippen LogP contribution in [0.1, 0.15) is 11.3 Å². The standard InChI is InChI=1S/C14H11ClF3NO3/c15-10-5-7(14(16,17)18)1-3-9(10)12-4-2-8(22-12)6-11(19)13(20)21/h1-5,11H,6,19H2,(H,20,21). The third-order valence-corrected chi connectivity index (χ3v) is 3.27. The number of furan rings is 1. The Balaban J connectivity index is 2.26. The zero-order valence-corrected chi connectivity index (χ0v) is 11.8. The third kappa shape index (κ3) is 3.61. The molecule has 0 amide bonds. The number of aliphatic carboxylic acids is 1. The summed E-state index contributed by atoms with van der Waals surface area (Å²) in [6, 6.07) is 4.78. The van der Waals surface area contributed by atoms with Crippen molar-refractivity contribution in [3.8, 4) is 11.3 Å². The summed E-state index contributed by atoms with van der Waals surface area (Å²) >= 11 is 5.86. The van der Waals surface area contributed by atoms with Gasteiger partial charge < -0.3 is 15.3 Å². The van der Waals surface area contributed by atoms with Gasteiger partial charge in [0.2, 0.25) is 0 Å². The molecule has 1 heterocycles. The van der Waals surface area contributed by atoms with Crippen molar-refractivity contribution in [3.05, 3.63) is 46.7 Å². The zero-order chi connectivity index (χ0) is 16.5. The van der Waals surface area contributed by atoms with Crippen LogP contribution in [0.15, 0.2) is 34.7 Å². The summed E-state index contributed by atoms with van der Waals surface area (Å²) in [5.41, 5.74) is 4.81. The number of carboxylic acids is 1. The molecule has 1 aromatic heterocycles. The van der Waals surface area contributed by atoms with Gasteiger partial charge in [0.15, 0.2) is 0 Å². The van der Waals surface area contributed by atoms with Crippen LogP contribution in [-0.4, -0.2) is 17.1 Å². The number of hydrogen-bond acceptors (Lipinski definition) is 3. The lowest BCUT2D eigenvalue weighted by Crippen LogP contribution is -2.32. The Morgan fingerprint density at radius 2 is 2.00 bits per heavy atom. The highest BCUT2D eigenvalue weighted by Gasteiger charge is 2.31. The van der Waals surface area contributed by atoms with Gasteiger partial charge in [-0.3, -0.25) is 4.79 Å². The molecule has 8 heteroatoms. The number of alkyl halides is 3. The molecule has 0 spiro atoms. The van der Waals surface area contributed by atoms with E-state index in [9.17, 15) is 18.0 Å². The van der Waals surface area contributed by atoms with Crippen LogP contribution in [0.4, 0.5) is 13.2 Å². The maximum Gasteiger partial charge on any atom is 0.416 e. The van der Waals surface area contributed by atoms with Gasteiger partial charge in [-0.15, -0.1) is 0 Å². The van der Waals surface area contributed by atoms with Crippen LogP contribution in [0, 0.1) is 0 Å². The molecule has 1 unspecified atom stereocenters. The van der Waals surface area contributed by atoms with E-state index in [4.69, 9.17) is 26.9 Å². The first-order valence-electron chi connectivity index (χ1n) is 6.12. The summed E-state index contributed by atoms with van der Waals surface area (Å²) in [5.74, 6) is -0.627. The van der Waals surface area contributed by atoms with Gasteiger partial charge in [-0.2, -0.15) is 13.2 Å². The molecule has 1 atom stereocenters. The minimum absolute atomic E-state index is 0.0341. The van der Waals surface area contributed by atoms with Crippen LogP contribution in [0.5, 0.6) is 0 Å². The van der Waals surface area contributed by atoms with Crippen LogP contribution in [0.3, 0.4) is 0 Å². The van der Waals surface area contributed by atoms with Crippen molar-refractivity contribution in [1.82, 2.24) is 0 Å². The minimum atomic E-state index is -4.48. The van der Waals surface area contributed by atoms with E-state index in [1.807, 2.05) is 0 Å². The smallest absolute Gasteiger partial charge is 0.416 e. The van der Waals surface area contributed by atoms with Crippen molar-refractivity contribution in [2.45, 2.75) is 18.6 Å². The van der Waals surface area contributed by atoms with E-state index in [1.165, 1.54) is 18.2 Å². The largest absolute Gasteiger partial charge is 0.480 e. The molecule has 1 aromatic carbocycles. The fourth-order valence-corrected chi connectivity index (χ4v) is 2.10. The van der Waals surface area contributed by atoms with Gasteiger partial charge in [0.25, 0.3) is 0 Å². The van der Waals surface area contributed by atoms with Gasteiger partial charge in [-0.25, -0.2) is 0 Å². The van der Waals surface area contributed by atoms with Gasteiger partial charge in [0.05, 0.1) is 10.6 Å². The van der Waals surface area contributed by atoms with Crippen LogP contribution < -0.4 is 5.73 Å². The molecular formula is C14H11ClF3NO3. The van der Waals surface area contributed by atoms with Crippen LogP contribution in [0.2, 0.25) is 5.02 Å². The summed E-state index contributed by atoms with van der Waals surface area (Å²) in [6.45, 7) is 0. The van der Waals surface area contributed by atoms with E-state index in [0.29, 0.717) is 5.76 Å². The molecule has 4 nitrogen and oxygen atoms in total. The van der Waals surface area contributed by atoms with E-state index in [-0.39, 0.29) is 22.8 Å². The molecule has 0 radical (unpaired) electrons. The molecular weight excluding hydrogens is 323 g/mol. The molecule has 3 N–H and O–H groups in total. The second kappa shape index (κ2) is 6.02. The lowest BCUT2D eigenvalue weighted by molar-refractivity contribution is -0.139. The average Bonchev–Trinajstić information content (AvgIpc) is 2.85. The molecule has 0 aliphatic heterocycles. The summed E-state index contributed by atoms with van der Waals surface area (Å²) in [4.78, 5) is 10.7. The lowest BCUT2D eigenvalue weighted by atomic mass is 10.1. The predicted octanol–water partition coefficient (Wildman–Crippen LogP) is 3.57. The maximum absolute atomic E-state index is 12.6. The molecule has 0 aliphatic carbocycles. The Bertz CT molecular complexity index is 697. The third-order valence-electron chi connectivity index (χ3n) is 2.96. The number of benzene rings is 1. The predicted molar refractivity (Wildman–Crippen MR) is 73.5 cm³/mol. The molecule has 2 rings (SSSR count). The van der Waals surface area contributed by atoms with Gasteiger partial charge in [0.1, 0.15) is 17.6 Å². The number of halogens is 4. The molecule has 0 aliphatic rings. The van der Waals surface area contributed by atoms with Crippen LogP contribution in [0.25, 0.3) is 11.3 Å². The quantitative estimate of drug-likeness (QED) is 0.896. The number of carbonyl (C=O) groups is 1. The number of hydrogen-bond donors (Lipinski definition) is 2. The first-order valence-corrected chi connectivity index (χ1v) is 6.50. The summed E-state index contributed by atoms with van der Waals surface area (Å²) in [6.07, 6.45) is -4.52. The van der Waals surface area contributed by atoms with Gasteiger partial charge >= 0.3 is 12.1 Å². The molecule has 0 saturated carbocycles. The Hall–Kier alpha value is -1.99. The topological polar surface area (TPSA) is 76.5 Å². The monoisotopic (exact) mass is 333 g/mol. The SMILES string of the molecule is NC(Cc1ccc(-c2ccc(C(F)(F)F)cc2Cl)o1)C(=O)O. The second-order valence-corrected chi connectivity index (χ2v) is 5.01. The summed E-state index contributed by atoms with van der Waals surface area (Å²) < 4.78 is 43.1. The Morgan fingerprint density at radius 1 is 1.32 bits per heavy atom. The molecule has 0 bridgehead atoms. The first kappa shape index (κ1) is 16.4. The molecule has 0 saturated heterocycles. The normalized spacial score (nSPS) is 13.1. The highest BCUT2D eigenvalue weighted by atomic mass is 35.5. The first-order chi connectivity index (χ1) is 10.2. The van der Waals surface area contributed by atoms with Crippen molar-refractivity contribution in [3.63, 3.8) is 0 Å². The molecule has 22 heavy (non-hydrogen) atoms. The van der Waals surface area contributed by atoms with Gasteiger partial charge in [-0.05, 0) is 30.3 Å². The van der Waals surface area contributed by atoms with Crippen LogP contribution in [-0.2, 0) is 17.4 Å². The van der Waals surface area contributed by atoms with E-state index in [2.05, 4.69) is 0 Å².